The summed E-state index contributed by atoms with van der Waals surface area (Å²) in [6.45, 7) is 4.78. The van der Waals surface area contributed by atoms with Crippen molar-refractivity contribution in [3.8, 4) is 0 Å². The molecule has 2 aromatic heterocycles. The highest BCUT2D eigenvalue weighted by atomic mass is 35.5. The number of nitrogens with zero attached hydrogens (tertiary/aromatic N) is 3. The first-order valence-corrected chi connectivity index (χ1v) is 6.50. The van der Waals surface area contributed by atoms with Gasteiger partial charge in [0.05, 0.1) is 12.6 Å². The Kier molecular flexibility index (Phi) is 2.67. The predicted molar refractivity (Wildman–Crippen MR) is 72.6 cm³/mol. The van der Waals surface area contributed by atoms with E-state index in [4.69, 9.17) is 16.7 Å². The Morgan fingerprint density at radius 2 is 2.26 bits per heavy atom. The molecule has 0 saturated heterocycles. The van der Waals surface area contributed by atoms with Gasteiger partial charge in [-0.15, -0.1) is 0 Å². The number of aryl methyl sites for hydroxylation is 1. The van der Waals surface area contributed by atoms with Crippen LogP contribution in [0.3, 0.4) is 0 Å². The van der Waals surface area contributed by atoms with E-state index in [0.717, 1.165) is 22.3 Å². The third-order valence-corrected chi connectivity index (χ3v) is 3.95. The molecule has 0 saturated carbocycles. The van der Waals surface area contributed by atoms with E-state index in [0.29, 0.717) is 18.2 Å². The number of fused-ring (bicyclic) bond motifs is 3. The largest absolute Gasteiger partial charge is 0.465 e. The average molecular weight is 280 g/mol. The summed E-state index contributed by atoms with van der Waals surface area (Å²) in [5.74, 6) is 0. The summed E-state index contributed by atoms with van der Waals surface area (Å²) in [4.78, 5) is 17.0. The quantitative estimate of drug-likeness (QED) is 0.754. The topological polar surface area (TPSA) is 58.4 Å². The molecule has 100 valence electrons. The van der Waals surface area contributed by atoms with E-state index >= 15 is 0 Å². The van der Waals surface area contributed by atoms with Crippen LogP contribution in [0.1, 0.15) is 24.2 Å². The molecule has 2 aromatic rings. The Balaban J connectivity index is 2.18. The van der Waals surface area contributed by atoms with Gasteiger partial charge >= 0.3 is 6.09 Å². The summed E-state index contributed by atoms with van der Waals surface area (Å²) < 4.78 is 2.08. The monoisotopic (exact) mass is 279 g/mol. The number of aromatic nitrogens is 2. The fraction of sp³-hybridized carbons (Fsp3) is 0.385. The average Bonchev–Trinajstić information content (AvgIpc) is 2.67. The zero-order valence-corrected chi connectivity index (χ0v) is 11.5. The molecular weight excluding hydrogens is 266 g/mol. The van der Waals surface area contributed by atoms with Crippen LogP contribution < -0.4 is 0 Å². The molecule has 0 unspecified atom stereocenters. The number of amides is 1. The van der Waals surface area contributed by atoms with Gasteiger partial charge in [0.2, 0.25) is 0 Å². The van der Waals surface area contributed by atoms with Crippen LogP contribution in [-0.4, -0.2) is 32.2 Å². The van der Waals surface area contributed by atoms with E-state index in [1.165, 1.54) is 4.90 Å². The summed E-state index contributed by atoms with van der Waals surface area (Å²) in [5.41, 5.74) is 2.73. The molecule has 3 rings (SSSR count). The lowest BCUT2D eigenvalue weighted by Gasteiger charge is -2.31. The van der Waals surface area contributed by atoms with Gasteiger partial charge in [-0.3, -0.25) is 0 Å². The van der Waals surface area contributed by atoms with Gasteiger partial charge in [0.15, 0.2) is 0 Å². The Labute approximate surface area is 115 Å². The highest BCUT2D eigenvalue weighted by molar-refractivity contribution is 6.30. The summed E-state index contributed by atoms with van der Waals surface area (Å²) in [6.07, 6.45) is -0.884. The summed E-state index contributed by atoms with van der Waals surface area (Å²) >= 11 is 6.08. The van der Waals surface area contributed by atoms with Gasteiger partial charge in [0.1, 0.15) is 10.8 Å². The number of hydrogen-bond donors (Lipinski definition) is 1. The molecule has 0 bridgehead atoms. The van der Waals surface area contributed by atoms with Crippen molar-refractivity contribution in [2.24, 2.45) is 0 Å². The minimum atomic E-state index is -0.884. The molecule has 0 aromatic carbocycles. The van der Waals surface area contributed by atoms with Gasteiger partial charge < -0.3 is 14.6 Å². The second kappa shape index (κ2) is 4.13. The van der Waals surface area contributed by atoms with Gasteiger partial charge in [0.25, 0.3) is 0 Å². The maximum Gasteiger partial charge on any atom is 0.407 e. The normalized spacial score (nSPS) is 18.7. The lowest BCUT2D eigenvalue weighted by atomic mass is 10.2. The number of carboxylic acid groups (broad SMARTS) is 1. The Bertz CT molecular complexity index is 680. The molecule has 3 heterocycles. The molecule has 19 heavy (non-hydrogen) atoms. The zero-order valence-electron chi connectivity index (χ0n) is 10.7. The second-order valence-electron chi connectivity index (χ2n) is 5.03. The molecule has 1 N–H and O–H groups in total. The van der Waals surface area contributed by atoms with Gasteiger partial charge in [0, 0.05) is 17.6 Å². The highest BCUT2D eigenvalue weighted by Gasteiger charge is 2.27. The SMILES string of the molecule is Cc1cc2cc3n(c2nc1Cl)[C@H](C)CN(C(=O)O)C3. The third-order valence-electron chi connectivity index (χ3n) is 3.57. The zero-order chi connectivity index (χ0) is 13.7. The third kappa shape index (κ3) is 1.85. The van der Waals surface area contributed by atoms with Crippen molar-refractivity contribution in [2.75, 3.05) is 6.54 Å². The Hall–Kier alpha value is -1.75. The second-order valence-corrected chi connectivity index (χ2v) is 5.38. The van der Waals surface area contributed by atoms with Crippen LogP contribution in [0.25, 0.3) is 11.0 Å². The lowest BCUT2D eigenvalue weighted by molar-refractivity contribution is 0.125. The van der Waals surface area contributed by atoms with E-state index < -0.39 is 6.09 Å². The molecule has 5 nitrogen and oxygen atoms in total. The van der Waals surface area contributed by atoms with Crippen LogP contribution in [0.2, 0.25) is 5.15 Å². The molecular formula is C13H14ClN3O2. The lowest BCUT2D eigenvalue weighted by Crippen LogP contribution is -2.39. The van der Waals surface area contributed by atoms with Crippen LogP contribution >= 0.6 is 11.6 Å². The minimum Gasteiger partial charge on any atom is -0.465 e. The molecule has 0 spiro atoms. The van der Waals surface area contributed by atoms with Crippen molar-refractivity contribution in [1.82, 2.24) is 14.5 Å². The number of rotatable bonds is 0. The Morgan fingerprint density at radius 1 is 1.53 bits per heavy atom. The first kappa shape index (κ1) is 12.3. The number of hydrogen-bond acceptors (Lipinski definition) is 2. The van der Waals surface area contributed by atoms with E-state index in [2.05, 4.69) is 9.55 Å². The first-order chi connectivity index (χ1) is 8.97. The molecule has 0 fully saturated rings. The van der Waals surface area contributed by atoms with E-state index in [9.17, 15) is 4.79 Å². The van der Waals surface area contributed by atoms with Crippen LogP contribution in [0.15, 0.2) is 12.1 Å². The number of halogens is 1. The number of carbonyl (C=O) groups is 1. The fourth-order valence-corrected chi connectivity index (χ4v) is 2.84. The molecule has 1 aliphatic rings. The van der Waals surface area contributed by atoms with Crippen LogP contribution in [0, 0.1) is 6.92 Å². The Morgan fingerprint density at radius 3 is 2.95 bits per heavy atom. The van der Waals surface area contributed by atoms with E-state index in [1.54, 1.807) is 0 Å². The molecule has 1 atom stereocenters. The van der Waals surface area contributed by atoms with Crippen molar-refractivity contribution in [2.45, 2.75) is 26.4 Å². The molecule has 6 heteroatoms. The molecule has 1 amide bonds. The van der Waals surface area contributed by atoms with Gasteiger partial charge in [-0.05, 0) is 31.5 Å². The fourth-order valence-electron chi connectivity index (χ4n) is 2.71. The molecule has 0 aliphatic carbocycles. The van der Waals surface area contributed by atoms with Crippen molar-refractivity contribution in [3.63, 3.8) is 0 Å². The highest BCUT2D eigenvalue weighted by Crippen LogP contribution is 2.30. The predicted octanol–water partition coefficient (Wildman–Crippen LogP) is 3.05. The summed E-state index contributed by atoms with van der Waals surface area (Å²) in [5, 5.41) is 10.6. The maximum atomic E-state index is 11.1. The van der Waals surface area contributed by atoms with Crippen molar-refractivity contribution >= 4 is 28.7 Å². The summed E-state index contributed by atoms with van der Waals surface area (Å²) in [6, 6.07) is 4.05. The van der Waals surface area contributed by atoms with Crippen LogP contribution in [0.5, 0.6) is 0 Å². The maximum absolute atomic E-state index is 11.1. The van der Waals surface area contributed by atoms with Gasteiger partial charge in [-0.2, -0.15) is 0 Å². The van der Waals surface area contributed by atoms with Gasteiger partial charge in [-0.25, -0.2) is 9.78 Å². The van der Waals surface area contributed by atoms with Crippen LogP contribution in [0.4, 0.5) is 4.79 Å². The smallest absolute Gasteiger partial charge is 0.407 e. The van der Waals surface area contributed by atoms with E-state index in [-0.39, 0.29) is 6.04 Å². The summed E-state index contributed by atoms with van der Waals surface area (Å²) in [7, 11) is 0. The standard InChI is InChI=1S/C13H14ClN3O2/c1-7-3-9-4-10-6-16(13(18)19)5-8(2)17(10)12(9)15-11(7)14/h3-4,8H,5-6H2,1-2H3,(H,18,19)/t8-/m1/s1. The van der Waals surface area contributed by atoms with Crippen LogP contribution in [-0.2, 0) is 6.54 Å². The minimum absolute atomic E-state index is 0.0589. The molecule has 0 radical (unpaired) electrons. The number of pyridine rings is 1. The van der Waals surface area contributed by atoms with E-state index in [1.807, 2.05) is 26.0 Å². The van der Waals surface area contributed by atoms with Crippen molar-refractivity contribution < 1.29 is 9.90 Å². The van der Waals surface area contributed by atoms with Gasteiger partial charge in [-0.1, -0.05) is 11.6 Å². The van der Waals surface area contributed by atoms with Crippen molar-refractivity contribution in [3.05, 3.63) is 28.5 Å². The van der Waals surface area contributed by atoms with Crippen molar-refractivity contribution in [1.29, 1.82) is 0 Å². The first-order valence-electron chi connectivity index (χ1n) is 6.12. The molecule has 1 aliphatic heterocycles.